The molecule has 7 nitrogen and oxygen atoms in total. The molecule has 2 amide bonds. The van der Waals surface area contributed by atoms with Gasteiger partial charge in [-0.25, -0.2) is 9.59 Å². The largest absolute Gasteiger partial charge is 0.480 e. The van der Waals surface area contributed by atoms with Crippen LogP contribution in [0, 0.1) is 0 Å². The van der Waals surface area contributed by atoms with E-state index in [1.807, 2.05) is 0 Å². The van der Waals surface area contributed by atoms with E-state index in [9.17, 15) is 14.7 Å². The van der Waals surface area contributed by atoms with E-state index in [1.165, 1.54) is 4.90 Å². The third-order valence-corrected chi connectivity index (χ3v) is 4.14. The maximum absolute atomic E-state index is 12.5. The van der Waals surface area contributed by atoms with E-state index in [2.05, 4.69) is 0 Å². The number of likely N-dealkylation sites (tertiary alicyclic amines) is 2. The van der Waals surface area contributed by atoms with E-state index >= 15 is 0 Å². The molecular formula is C13H22N2O5. The van der Waals surface area contributed by atoms with E-state index in [1.54, 1.807) is 4.90 Å². The van der Waals surface area contributed by atoms with Crippen molar-refractivity contribution >= 4 is 12.0 Å². The van der Waals surface area contributed by atoms with E-state index in [-0.39, 0.29) is 31.6 Å². The van der Waals surface area contributed by atoms with Crippen LogP contribution in [0.15, 0.2) is 0 Å². The number of β-amino-alcohol motifs (C(OH)–C–C–N with tert-alkyl or cyclic N) is 1. The second kappa shape index (κ2) is 6.41. The highest BCUT2D eigenvalue weighted by molar-refractivity contribution is 5.83. The van der Waals surface area contributed by atoms with Gasteiger partial charge in [-0.05, 0) is 25.7 Å². The Kier molecular flexibility index (Phi) is 4.82. The normalized spacial score (nSPS) is 30.6. The van der Waals surface area contributed by atoms with Crippen LogP contribution in [0.4, 0.5) is 4.79 Å². The summed E-state index contributed by atoms with van der Waals surface area (Å²) >= 11 is 0. The second-order valence-corrected chi connectivity index (χ2v) is 5.53. The summed E-state index contributed by atoms with van der Waals surface area (Å²) in [7, 11) is 0. The highest BCUT2D eigenvalue weighted by Crippen LogP contribution is 2.25. The first-order valence-electron chi connectivity index (χ1n) is 7.13. The number of carbonyl (C=O) groups is 2. The van der Waals surface area contributed by atoms with Crippen molar-refractivity contribution in [1.29, 1.82) is 0 Å². The molecule has 2 saturated heterocycles. The van der Waals surface area contributed by atoms with Crippen molar-refractivity contribution < 1.29 is 24.9 Å². The average molecular weight is 286 g/mol. The van der Waals surface area contributed by atoms with Crippen LogP contribution in [0.1, 0.15) is 32.1 Å². The summed E-state index contributed by atoms with van der Waals surface area (Å²) in [6.07, 6.45) is 2.56. The van der Waals surface area contributed by atoms with Crippen LogP contribution in [0.2, 0.25) is 0 Å². The summed E-state index contributed by atoms with van der Waals surface area (Å²) in [5.41, 5.74) is 0. The molecule has 2 fully saturated rings. The fourth-order valence-corrected chi connectivity index (χ4v) is 3.13. The first-order valence-corrected chi connectivity index (χ1v) is 7.13. The smallest absolute Gasteiger partial charge is 0.326 e. The average Bonchev–Trinajstić information content (AvgIpc) is 2.81. The molecular weight excluding hydrogens is 264 g/mol. The lowest BCUT2D eigenvalue weighted by Gasteiger charge is -2.38. The highest BCUT2D eigenvalue weighted by Gasteiger charge is 2.42. The standard InChI is InChI=1S/C13H22N2O5/c16-6-4-9-3-1-2-5-14(9)13(20)15-8-10(17)7-11(15)12(18)19/h9-11,16-17H,1-8H2,(H,18,19)/t9?,10-,11+/m1/s1. The van der Waals surface area contributed by atoms with Gasteiger partial charge in [0.1, 0.15) is 6.04 Å². The van der Waals surface area contributed by atoms with E-state index in [0.29, 0.717) is 13.0 Å². The summed E-state index contributed by atoms with van der Waals surface area (Å²) in [5.74, 6) is -1.08. The number of aliphatic hydroxyl groups excluding tert-OH is 2. The third-order valence-electron chi connectivity index (χ3n) is 4.14. The molecule has 0 saturated carbocycles. The number of hydrogen-bond donors (Lipinski definition) is 3. The molecule has 114 valence electrons. The molecule has 3 atom stereocenters. The van der Waals surface area contributed by atoms with Crippen molar-refractivity contribution in [2.45, 2.75) is 50.3 Å². The molecule has 2 aliphatic rings. The Labute approximate surface area is 117 Å². The number of carboxylic acids is 1. The van der Waals surface area contributed by atoms with Gasteiger partial charge in [0.25, 0.3) is 0 Å². The van der Waals surface area contributed by atoms with Gasteiger partial charge in [-0.1, -0.05) is 0 Å². The van der Waals surface area contributed by atoms with Gasteiger partial charge >= 0.3 is 12.0 Å². The zero-order valence-electron chi connectivity index (χ0n) is 11.4. The minimum atomic E-state index is -1.08. The number of piperidine rings is 1. The van der Waals surface area contributed by atoms with Crippen LogP contribution in [-0.2, 0) is 4.79 Å². The number of carboxylic acid groups (broad SMARTS) is 1. The Bertz CT molecular complexity index is 374. The summed E-state index contributed by atoms with van der Waals surface area (Å²) in [4.78, 5) is 26.6. The molecule has 0 aromatic heterocycles. The van der Waals surface area contributed by atoms with Crippen LogP contribution in [-0.4, -0.2) is 75.0 Å². The quantitative estimate of drug-likeness (QED) is 0.670. The number of carbonyl (C=O) groups excluding carboxylic acids is 1. The van der Waals surface area contributed by atoms with Crippen molar-refractivity contribution in [3.05, 3.63) is 0 Å². The van der Waals surface area contributed by atoms with Gasteiger partial charge < -0.3 is 25.1 Å². The van der Waals surface area contributed by atoms with E-state index < -0.39 is 18.1 Å². The van der Waals surface area contributed by atoms with Crippen LogP contribution < -0.4 is 0 Å². The van der Waals surface area contributed by atoms with Crippen molar-refractivity contribution in [3.63, 3.8) is 0 Å². The predicted octanol–water partition coefficient (Wildman–Crippen LogP) is -0.137. The molecule has 20 heavy (non-hydrogen) atoms. The number of amides is 2. The lowest BCUT2D eigenvalue weighted by Crippen LogP contribution is -2.53. The Morgan fingerprint density at radius 2 is 1.95 bits per heavy atom. The van der Waals surface area contributed by atoms with Crippen LogP contribution in [0.5, 0.6) is 0 Å². The van der Waals surface area contributed by atoms with Crippen molar-refractivity contribution in [2.75, 3.05) is 19.7 Å². The van der Waals surface area contributed by atoms with Crippen LogP contribution in [0.25, 0.3) is 0 Å². The molecule has 2 heterocycles. The van der Waals surface area contributed by atoms with Gasteiger partial charge in [0.2, 0.25) is 0 Å². The Morgan fingerprint density at radius 3 is 2.60 bits per heavy atom. The first-order chi connectivity index (χ1) is 9.54. The number of hydrogen-bond acceptors (Lipinski definition) is 4. The van der Waals surface area contributed by atoms with Gasteiger partial charge in [-0.3, -0.25) is 0 Å². The Hall–Kier alpha value is -1.34. The van der Waals surface area contributed by atoms with Crippen molar-refractivity contribution in [3.8, 4) is 0 Å². The number of aliphatic hydroxyl groups is 2. The lowest BCUT2D eigenvalue weighted by molar-refractivity contribution is -0.141. The zero-order chi connectivity index (χ0) is 14.7. The molecule has 2 rings (SSSR count). The summed E-state index contributed by atoms with van der Waals surface area (Å²) in [6.45, 7) is 0.667. The second-order valence-electron chi connectivity index (χ2n) is 5.53. The molecule has 3 N–H and O–H groups in total. The zero-order valence-corrected chi connectivity index (χ0v) is 11.4. The highest BCUT2D eigenvalue weighted by atomic mass is 16.4. The van der Waals surface area contributed by atoms with Gasteiger partial charge in [-0.15, -0.1) is 0 Å². The lowest BCUT2D eigenvalue weighted by atomic mass is 10.00. The number of urea groups is 1. The fraction of sp³-hybridized carbons (Fsp3) is 0.846. The number of rotatable bonds is 3. The SMILES string of the molecule is O=C(O)[C@@H]1C[C@@H](O)CN1C(=O)N1CCCCC1CCO. The first kappa shape index (κ1) is 15.1. The number of nitrogens with zero attached hydrogens (tertiary/aromatic N) is 2. The summed E-state index contributed by atoms with van der Waals surface area (Å²) < 4.78 is 0. The number of aliphatic carboxylic acids is 1. The molecule has 0 aliphatic carbocycles. The van der Waals surface area contributed by atoms with Gasteiger partial charge in [-0.2, -0.15) is 0 Å². The molecule has 0 spiro atoms. The van der Waals surface area contributed by atoms with Crippen molar-refractivity contribution in [2.24, 2.45) is 0 Å². The summed E-state index contributed by atoms with van der Waals surface area (Å²) in [6, 6.07) is -1.31. The minimum absolute atomic E-state index is 0.0133. The van der Waals surface area contributed by atoms with E-state index in [0.717, 1.165) is 19.3 Å². The molecule has 0 radical (unpaired) electrons. The monoisotopic (exact) mass is 286 g/mol. The molecule has 7 heteroatoms. The predicted molar refractivity (Wildman–Crippen MR) is 70.2 cm³/mol. The topological polar surface area (TPSA) is 101 Å². The van der Waals surface area contributed by atoms with Crippen LogP contribution >= 0.6 is 0 Å². The van der Waals surface area contributed by atoms with Gasteiger partial charge in [0.05, 0.1) is 6.10 Å². The van der Waals surface area contributed by atoms with E-state index in [4.69, 9.17) is 10.2 Å². The minimum Gasteiger partial charge on any atom is -0.480 e. The molecule has 0 bridgehead atoms. The van der Waals surface area contributed by atoms with Gasteiger partial charge in [0, 0.05) is 32.2 Å². The van der Waals surface area contributed by atoms with Crippen molar-refractivity contribution in [1.82, 2.24) is 9.80 Å². The fourth-order valence-electron chi connectivity index (χ4n) is 3.13. The maximum Gasteiger partial charge on any atom is 0.326 e. The Morgan fingerprint density at radius 1 is 1.20 bits per heavy atom. The summed E-state index contributed by atoms with van der Waals surface area (Å²) in [5, 5.41) is 27.9. The molecule has 0 aromatic rings. The molecule has 1 unspecified atom stereocenters. The van der Waals surface area contributed by atoms with Gasteiger partial charge in [0.15, 0.2) is 0 Å². The maximum atomic E-state index is 12.5. The Balaban J connectivity index is 2.09. The molecule has 2 aliphatic heterocycles. The van der Waals surface area contributed by atoms with Crippen LogP contribution in [0.3, 0.4) is 0 Å². The molecule has 0 aromatic carbocycles. The third kappa shape index (κ3) is 3.04.